The first-order valence-electron chi connectivity index (χ1n) is 13.7. The Labute approximate surface area is 237 Å². The van der Waals surface area contributed by atoms with Gasteiger partial charge in [0.05, 0.1) is 35.3 Å². The zero-order valence-electron chi connectivity index (χ0n) is 24.0. The maximum Gasteiger partial charge on any atom is 0.261 e. The molecule has 11 heteroatoms. The first kappa shape index (κ1) is 31.8. The number of amides is 1. The van der Waals surface area contributed by atoms with Gasteiger partial charge < -0.3 is 24.4 Å². The molecule has 2 N–H and O–H groups in total. The number of rotatable bonds is 7. The standard InChI is InChI=1S/C29H42FN3O6S/c1-20-17-33(21(2)19-34)29(35)26-16-24(31-40(36,37)25-12-9-23(30)10-13-25)11-14-27(26)39-22(3)8-6-7-15-38-28(20)18-32(4)5/h9-14,16,20-22,28,31,34H,6-8,15,17-19H2,1-5H3/t20-,21+,22+,28+/m0/s1. The van der Waals surface area contributed by atoms with E-state index in [0.717, 1.165) is 31.4 Å². The average molecular weight is 580 g/mol. The van der Waals surface area contributed by atoms with Crippen molar-refractivity contribution < 1.29 is 32.2 Å². The normalized spacial score (nSPS) is 22.2. The van der Waals surface area contributed by atoms with Crippen molar-refractivity contribution in [2.75, 3.05) is 45.1 Å². The summed E-state index contributed by atoms with van der Waals surface area (Å²) in [6.07, 6.45) is 2.19. The first-order valence-corrected chi connectivity index (χ1v) is 15.2. The number of hydrogen-bond acceptors (Lipinski definition) is 7. The lowest BCUT2D eigenvalue weighted by atomic mass is 10.0. The van der Waals surface area contributed by atoms with Crippen LogP contribution in [-0.4, -0.2) is 87.9 Å². The zero-order chi connectivity index (χ0) is 29.4. The van der Waals surface area contributed by atoms with Crippen molar-refractivity contribution in [1.29, 1.82) is 0 Å². The van der Waals surface area contributed by atoms with Gasteiger partial charge in [-0.05, 0) is 89.7 Å². The number of halogens is 1. The molecule has 1 amide bonds. The highest BCUT2D eigenvalue weighted by atomic mass is 32.2. The number of nitrogens with zero attached hydrogens (tertiary/aromatic N) is 2. The van der Waals surface area contributed by atoms with Crippen LogP contribution in [0.4, 0.5) is 10.1 Å². The molecule has 0 unspecified atom stereocenters. The topological polar surface area (TPSA) is 108 Å². The number of ether oxygens (including phenoxy) is 2. The van der Waals surface area contributed by atoms with Crippen molar-refractivity contribution in [3.63, 3.8) is 0 Å². The molecule has 0 saturated heterocycles. The van der Waals surface area contributed by atoms with Crippen molar-refractivity contribution >= 4 is 21.6 Å². The second kappa shape index (κ2) is 14.2. The van der Waals surface area contributed by atoms with Crippen LogP contribution in [0.1, 0.15) is 50.4 Å². The quantitative estimate of drug-likeness (QED) is 0.511. The van der Waals surface area contributed by atoms with Crippen LogP contribution in [0.25, 0.3) is 0 Å². The predicted molar refractivity (Wildman–Crippen MR) is 153 cm³/mol. The Kier molecular flexibility index (Phi) is 11.3. The third-order valence-corrected chi connectivity index (χ3v) is 8.37. The molecule has 0 fully saturated rings. The van der Waals surface area contributed by atoms with Gasteiger partial charge in [-0.25, -0.2) is 12.8 Å². The number of carbonyl (C=O) groups excluding carboxylic acids is 1. The van der Waals surface area contributed by atoms with E-state index in [9.17, 15) is 22.7 Å². The Morgan fingerprint density at radius 2 is 1.85 bits per heavy atom. The Morgan fingerprint density at radius 1 is 1.15 bits per heavy atom. The van der Waals surface area contributed by atoms with Crippen molar-refractivity contribution in [2.24, 2.45) is 5.92 Å². The minimum atomic E-state index is -4.04. The number of hydrogen-bond donors (Lipinski definition) is 2. The van der Waals surface area contributed by atoms with Gasteiger partial charge in [0.25, 0.3) is 15.9 Å². The Hall–Kier alpha value is -2.73. The Bertz CT molecular complexity index is 1220. The molecule has 9 nitrogen and oxygen atoms in total. The van der Waals surface area contributed by atoms with Gasteiger partial charge in [-0.15, -0.1) is 0 Å². The summed E-state index contributed by atoms with van der Waals surface area (Å²) in [5, 5.41) is 10.0. The van der Waals surface area contributed by atoms with Gasteiger partial charge >= 0.3 is 0 Å². The minimum absolute atomic E-state index is 0.0493. The average Bonchev–Trinajstić information content (AvgIpc) is 2.90. The predicted octanol–water partition coefficient (Wildman–Crippen LogP) is 3.98. The largest absolute Gasteiger partial charge is 0.490 e. The van der Waals surface area contributed by atoms with Gasteiger partial charge in [-0.3, -0.25) is 9.52 Å². The van der Waals surface area contributed by atoms with E-state index in [2.05, 4.69) is 9.62 Å². The summed E-state index contributed by atoms with van der Waals surface area (Å²) in [6, 6.07) is 8.54. The van der Waals surface area contributed by atoms with Crippen molar-refractivity contribution in [3.8, 4) is 5.75 Å². The smallest absolute Gasteiger partial charge is 0.261 e. The van der Waals surface area contributed by atoms with E-state index in [1.54, 1.807) is 17.9 Å². The summed E-state index contributed by atoms with van der Waals surface area (Å²) in [6.45, 7) is 7.07. The van der Waals surface area contributed by atoms with Crippen LogP contribution in [-0.2, 0) is 14.8 Å². The highest BCUT2D eigenvalue weighted by Gasteiger charge is 2.30. The second-order valence-electron chi connectivity index (χ2n) is 10.8. The maximum absolute atomic E-state index is 14.1. The molecular weight excluding hydrogens is 537 g/mol. The molecule has 1 heterocycles. The van der Waals surface area contributed by atoms with Crippen molar-refractivity contribution in [2.45, 2.75) is 63.2 Å². The highest BCUT2D eigenvalue weighted by Crippen LogP contribution is 2.29. The number of fused-ring (bicyclic) bond motifs is 1. The van der Waals surface area contributed by atoms with E-state index in [-0.39, 0.29) is 46.8 Å². The third kappa shape index (κ3) is 8.63. The molecule has 40 heavy (non-hydrogen) atoms. The van der Waals surface area contributed by atoms with Crippen molar-refractivity contribution in [1.82, 2.24) is 9.80 Å². The lowest BCUT2D eigenvalue weighted by molar-refractivity contribution is -0.0137. The molecule has 4 atom stereocenters. The van der Waals surface area contributed by atoms with Crippen LogP contribution < -0.4 is 9.46 Å². The van der Waals surface area contributed by atoms with Gasteiger partial charge in [0.1, 0.15) is 11.6 Å². The molecule has 0 aliphatic carbocycles. The van der Waals surface area contributed by atoms with Crippen LogP contribution in [0.2, 0.25) is 0 Å². The number of carbonyl (C=O) groups is 1. The molecule has 0 spiro atoms. The molecule has 0 radical (unpaired) electrons. The summed E-state index contributed by atoms with van der Waals surface area (Å²) >= 11 is 0. The first-order chi connectivity index (χ1) is 18.9. The highest BCUT2D eigenvalue weighted by molar-refractivity contribution is 7.92. The van der Waals surface area contributed by atoms with Gasteiger partial charge in [0.15, 0.2) is 0 Å². The SMILES string of the molecule is C[C@@H]1CCCCO[C@H](CN(C)C)[C@@H](C)CN([C@H](C)CO)C(=O)c2cc(NS(=O)(=O)c3ccc(F)cc3)ccc2O1. The van der Waals surface area contributed by atoms with E-state index in [0.29, 0.717) is 25.4 Å². The van der Waals surface area contributed by atoms with Gasteiger partial charge in [-0.2, -0.15) is 0 Å². The lowest BCUT2D eigenvalue weighted by Gasteiger charge is -2.35. The molecule has 0 bridgehead atoms. The fourth-order valence-electron chi connectivity index (χ4n) is 4.64. The fraction of sp³-hybridized carbons (Fsp3) is 0.552. The number of likely N-dealkylation sites (N-methyl/N-ethyl adjacent to an activating group) is 1. The lowest BCUT2D eigenvalue weighted by Crippen LogP contribution is -2.47. The number of benzene rings is 2. The van der Waals surface area contributed by atoms with Crippen LogP contribution >= 0.6 is 0 Å². The molecular formula is C29H42FN3O6S. The number of anilines is 1. The van der Waals surface area contributed by atoms with Crippen LogP contribution in [0.15, 0.2) is 47.4 Å². The number of sulfonamides is 1. The summed E-state index contributed by atoms with van der Waals surface area (Å²) in [7, 11) is -0.0862. The summed E-state index contributed by atoms with van der Waals surface area (Å²) in [5.41, 5.74) is 0.341. The molecule has 2 aromatic carbocycles. The molecule has 3 rings (SSSR count). The van der Waals surface area contributed by atoms with E-state index in [1.807, 2.05) is 27.9 Å². The van der Waals surface area contributed by atoms with E-state index in [4.69, 9.17) is 9.47 Å². The Balaban J connectivity index is 2.02. The molecule has 1 aliphatic rings. The number of aliphatic hydroxyl groups excluding tert-OH is 1. The van der Waals surface area contributed by atoms with E-state index in [1.165, 1.54) is 24.3 Å². The van der Waals surface area contributed by atoms with Gasteiger partial charge in [0, 0.05) is 31.3 Å². The van der Waals surface area contributed by atoms with Crippen LogP contribution in [0, 0.1) is 11.7 Å². The summed E-state index contributed by atoms with van der Waals surface area (Å²) < 4.78 is 54.2. The van der Waals surface area contributed by atoms with Crippen LogP contribution in [0.5, 0.6) is 5.75 Å². The Morgan fingerprint density at radius 3 is 2.50 bits per heavy atom. The minimum Gasteiger partial charge on any atom is -0.490 e. The molecule has 222 valence electrons. The number of aliphatic hydroxyl groups is 1. The van der Waals surface area contributed by atoms with Crippen molar-refractivity contribution in [3.05, 3.63) is 53.8 Å². The van der Waals surface area contributed by atoms with Crippen LogP contribution in [0.3, 0.4) is 0 Å². The molecule has 0 aromatic heterocycles. The van der Waals surface area contributed by atoms with E-state index < -0.39 is 21.9 Å². The maximum atomic E-state index is 14.1. The zero-order valence-corrected chi connectivity index (χ0v) is 24.8. The number of nitrogens with one attached hydrogen (secondary N) is 1. The van der Waals surface area contributed by atoms with E-state index >= 15 is 0 Å². The summed E-state index contributed by atoms with van der Waals surface area (Å²) in [5.74, 6) is -0.651. The third-order valence-electron chi connectivity index (χ3n) is 6.97. The monoisotopic (exact) mass is 579 g/mol. The van der Waals surface area contributed by atoms with Gasteiger partial charge in [0.2, 0.25) is 0 Å². The summed E-state index contributed by atoms with van der Waals surface area (Å²) in [4.78, 5) is 17.6. The molecule has 1 aliphatic heterocycles. The second-order valence-corrected chi connectivity index (χ2v) is 12.5. The fourth-order valence-corrected chi connectivity index (χ4v) is 5.69. The molecule has 0 saturated carbocycles. The van der Waals surface area contributed by atoms with Gasteiger partial charge in [-0.1, -0.05) is 6.92 Å². The molecule has 2 aromatic rings.